The van der Waals surface area contributed by atoms with E-state index in [-0.39, 0.29) is 12.0 Å². The van der Waals surface area contributed by atoms with Crippen molar-refractivity contribution in [2.24, 2.45) is 7.05 Å². The Morgan fingerprint density at radius 3 is 3.22 bits per heavy atom. The van der Waals surface area contributed by atoms with E-state index in [1.807, 2.05) is 29.8 Å². The molecule has 2 N–H and O–H groups in total. The van der Waals surface area contributed by atoms with Crippen LogP contribution in [0.25, 0.3) is 11.0 Å². The first-order chi connectivity index (χ1) is 11.2. The van der Waals surface area contributed by atoms with E-state index < -0.39 is 0 Å². The molecule has 1 aliphatic heterocycles. The van der Waals surface area contributed by atoms with Crippen LogP contribution in [0.4, 0.5) is 5.82 Å². The molecule has 4 rings (SSSR count). The Morgan fingerprint density at radius 2 is 2.39 bits per heavy atom. The van der Waals surface area contributed by atoms with Gasteiger partial charge in [-0.3, -0.25) is 9.89 Å². The van der Waals surface area contributed by atoms with Crippen molar-refractivity contribution in [3.63, 3.8) is 0 Å². The molecule has 0 aliphatic carbocycles. The number of aromatic nitrogens is 4. The quantitative estimate of drug-likeness (QED) is 0.778. The second-order valence-corrected chi connectivity index (χ2v) is 5.69. The van der Waals surface area contributed by atoms with Gasteiger partial charge < -0.3 is 14.6 Å². The lowest BCUT2D eigenvalue weighted by Gasteiger charge is -2.05. The summed E-state index contributed by atoms with van der Waals surface area (Å²) in [7, 11) is 1.87. The summed E-state index contributed by atoms with van der Waals surface area (Å²) in [6.45, 7) is 0.772. The van der Waals surface area contributed by atoms with Gasteiger partial charge in [-0.25, -0.2) is 4.98 Å². The number of amides is 1. The number of rotatable bonds is 3. The fraction of sp³-hybridized carbons (Fsp3) is 0.312. The summed E-state index contributed by atoms with van der Waals surface area (Å²) < 4.78 is 7.45. The molecule has 7 heteroatoms. The molecule has 7 nitrogen and oxygen atoms in total. The number of carbonyl (C=O) groups excluding carboxylic acids is 1. The summed E-state index contributed by atoms with van der Waals surface area (Å²) >= 11 is 0. The Hall–Kier alpha value is -2.67. The maximum Gasteiger partial charge on any atom is 0.259 e. The van der Waals surface area contributed by atoms with E-state index in [4.69, 9.17) is 4.74 Å². The zero-order valence-corrected chi connectivity index (χ0v) is 12.7. The second kappa shape index (κ2) is 5.51. The number of para-hydroxylation sites is 1. The number of fused-ring (bicyclic) bond motifs is 1. The van der Waals surface area contributed by atoms with Gasteiger partial charge in [0.25, 0.3) is 5.91 Å². The van der Waals surface area contributed by atoms with E-state index in [9.17, 15) is 4.79 Å². The lowest BCUT2D eigenvalue weighted by atomic mass is 10.1. The van der Waals surface area contributed by atoms with Crippen LogP contribution in [0.1, 0.15) is 35.0 Å². The number of aryl methyl sites for hydroxylation is 1. The Kier molecular flexibility index (Phi) is 3.34. The third-order valence-corrected chi connectivity index (χ3v) is 4.10. The highest BCUT2D eigenvalue weighted by Gasteiger charge is 2.21. The summed E-state index contributed by atoms with van der Waals surface area (Å²) in [4.78, 5) is 16.8. The highest BCUT2D eigenvalue weighted by Crippen LogP contribution is 2.28. The number of hydrogen-bond donors (Lipinski definition) is 2. The van der Waals surface area contributed by atoms with Crippen LogP contribution >= 0.6 is 0 Å². The third kappa shape index (κ3) is 2.49. The van der Waals surface area contributed by atoms with Crippen LogP contribution in [0.3, 0.4) is 0 Å². The number of anilines is 1. The number of ether oxygens (including phenoxy) is 1. The van der Waals surface area contributed by atoms with E-state index in [0.29, 0.717) is 11.4 Å². The number of H-pyrrole nitrogens is 1. The summed E-state index contributed by atoms with van der Waals surface area (Å²) in [6, 6.07) is 7.33. The molecule has 1 atom stereocenters. The molecule has 2 aromatic heterocycles. The van der Waals surface area contributed by atoms with Crippen LogP contribution in [0.15, 0.2) is 30.6 Å². The van der Waals surface area contributed by atoms with E-state index >= 15 is 0 Å². The topological polar surface area (TPSA) is 84.8 Å². The van der Waals surface area contributed by atoms with Gasteiger partial charge in [-0.05, 0) is 25.0 Å². The fourth-order valence-electron chi connectivity index (χ4n) is 2.97. The maximum atomic E-state index is 12.6. The molecule has 1 saturated heterocycles. The van der Waals surface area contributed by atoms with Crippen LogP contribution in [0.2, 0.25) is 0 Å². The van der Waals surface area contributed by atoms with Crippen molar-refractivity contribution < 1.29 is 9.53 Å². The van der Waals surface area contributed by atoms with Crippen molar-refractivity contribution in [3.05, 3.63) is 41.9 Å². The largest absolute Gasteiger partial charge is 0.372 e. The molecular weight excluding hydrogens is 294 g/mol. The second-order valence-electron chi connectivity index (χ2n) is 5.69. The summed E-state index contributed by atoms with van der Waals surface area (Å²) in [5.41, 5.74) is 3.07. The van der Waals surface area contributed by atoms with E-state index in [1.54, 1.807) is 12.4 Å². The molecule has 3 aromatic rings. The van der Waals surface area contributed by atoms with Crippen LogP contribution in [0.5, 0.6) is 0 Å². The van der Waals surface area contributed by atoms with Gasteiger partial charge in [-0.1, -0.05) is 6.07 Å². The molecule has 0 saturated carbocycles. The van der Waals surface area contributed by atoms with Crippen LogP contribution in [-0.2, 0) is 11.8 Å². The molecule has 0 spiro atoms. The summed E-state index contributed by atoms with van der Waals surface area (Å²) in [6.07, 6.45) is 3.78. The Labute approximate surface area is 132 Å². The first kappa shape index (κ1) is 14.0. The molecule has 1 fully saturated rings. The van der Waals surface area contributed by atoms with Gasteiger partial charge in [-0.2, -0.15) is 5.10 Å². The smallest absolute Gasteiger partial charge is 0.259 e. The number of carbonyl (C=O) groups is 1. The van der Waals surface area contributed by atoms with E-state index in [0.717, 1.165) is 36.2 Å². The molecule has 0 bridgehead atoms. The minimum atomic E-state index is -0.204. The van der Waals surface area contributed by atoms with Crippen LogP contribution in [0, 0.1) is 0 Å². The van der Waals surface area contributed by atoms with Crippen molar-refractivity contribution in [2.45, 2.75) is 18.9 Å². The van der Waals surface area contributed by atoms with Crippen molar-refractivity contribution >= 4 is 22.8 Å². The molecular formula is C16H17N5O2. The first-order valence-corrected chi connectivity index (χ1v) is 7.60. The van der Waals surface area contributed by atoms with Gasteiger partial charge in [-0.15, -0.1) is 0 Å². The number of imidazole rings is 1. The standard InChI is InChI=1S/C16H17N5O2/c1-21-9-17-11-5-2-4-10(15(11)21)16(22)18-14-8-12(19-20-14)13-6-3-7-23-13/h2,4-5,8-9,13H,3,6-7H2,1H3,(H2,18,19,20,22). The zero-order chi connectivity index (χ0) is 15.8. The van der Waals surface area contributed by atoms with Gasteiger partial charge in [0.15, 0.2) is 5.82 Å². The summed E-state index contributed by atoms with van der Waals surface area (Å²) in [5.74, 6) is 0.296. The average Bonchev–Trinajstić information content (AvgIpc) is 3.28. The Morgan fingerprint density at radius 1 is 1.48 bits per heavy atom. The van der Waals surface area contributed by atoms with Crippen molar-refractivity contribution in [1.29, 1.82) is 0 Å². The zero-order valence-electron chi connectivity index (χ0n) is 12.7. The maximum absolute atomic E-state index is 12.6. The van der Waals surface area contributed by atoms with E-state index in [1.165, 1.54) is 0 Å². The summed E-state index contributed by atoms with van der Waals surface area (Å²) in [5, 5.41) is 9.93. The SMILES string of the molecule is Cn1cnc2cccc(C(=O)Nc3cc(C4CCCO4)[nH]n3)c21. The van der Waals surface area contributed by atoms with Crippen molar-refractivity contribution in [1.82, 2.24) is 19.7 Å². The van der Waals surface area contributed by atoms with Gasteiger partial charge in [0, 0.05) is 19.7 Å². The number of hydrogen-bond acceptors (Lipinski definition) is 4. The number of benzene rings is 1. The third-order valence-electron chi connectivity index (χ3n) is 4.10. The normalized spacial score (nSPS) is 17.7. The average molecular weight is 311 g/mol. The number of aromatic amines is 1. The van der Waals surface area contributed by atoms with Crippen LogP contribution in [-0.4, -0.2) is 32.3 Å². The van der Waals surface area contributed by atoms with Crippen molar-refractivity contribution in [3.8, 4) is 0 Å². The molecule has 0 radical (unpaired) electrons. The predicted octanol–water partition coefficient (Wildman–Crippen LogP) is 2.40. The molecule has 23 heavy (non-hydrogen) atoms. The Bertz CT molecular complexity index is 860. The van der Waals surface area contributed by atoms with E-state index in [2.05, 4.69) is 20.5 Å². The van der Waals surface area contributed by atoms with Gasteiger partial charge in [0.1, 0.15) is 0 Å². The van der Waals surface area contributed by atoms with Crippen molar-refractivity contribution in [2.75, 3.05) is 11.9 Å². The number of nitrogens with one attached hydrogen (secondary N) is 2. The monoisotopic (exact) mass is 311 g/mol. The highest BCUT2D eigenvalue weighted by atomic mass is 16.5. The van der Waals surface area contributed by atoms with Gasteiger partial charge in [0.2, 0.25) is 0 Å². The lowest BCUT2D eigenvalue weighted by molar-refractivity contribution is 0.102. The molecule has 1 unspecified atom stereocenters. The number of nitrogens with zero attached hydrogens (tertiary/aromatic N) is 3. The minimum absolute atomic E-state index is 0.0497. The molecule has 118 valence electrons. The molecule has 1 aliphatic rings. The first-order valence-electron chi connectivity index (χ1n) is 7.60. The molecule has 1 amide bonds. The minimum Gasteiger partial charge on any atom is -0.372 e. The lowest BCUT2D eigenvalue weighted by Crippen LogP contribution is -2.13. The fourth-order valence-corrected chi connectivity index (χ4v) is 2.97. The van der Waals surface area contributed by atoms with Crippen LogP contribution < -0.4 is 5.32 Å². The van der Waals surface area contributed by atoms with Gasteiger partial charge in [0.05, 0.1) is 34.7 Å². The molecule has 1 aromatic carbocycles. The Balaban J connectivity index is 1.58. The highest BCUT2D eigenvalue weighted by molar-refractivity contribution is 6.11. The molecule has 3 heterocycles. The van der Waals surface area contributed by atoms with Gasteiger partial charge >= 0.3 is 0 Å². The predicted molar refractivity (Wildman–Crippen MR) is 85.2 cm³/mol.